The summed E-state index contributed by atoms with van der Waals surface area (Å²) < 4.78 is 37.2. The molecule has 1 unspecified atom stereocenters. The van der Waals surface area contributed by atoms with E-state index < -0.39 is 28.5 Å². The van der Waals surface area contributed by atoms with Crippen LogP contribution in [0, 0.1) is 0 Å². The Hall–Kier alpha value is -3.27. The predicted octanol–water partition coefficient (Wildman–Crippen LogP) is 3.34. The predicted molar refractivity (Wildman–Crippen MR) is 143 cm³/mol. The molecule has 0 aromatic heterocycles. The minimum Gasteiger partial charge on any atom is -0.497 e. The Bertz CT molecular complexity index is 1160. The SMILES string of the molecule is CCC(C(=O)NC1CCCC1)N(Cc1ccc(OC)cc1)C(=O)CN(c1ccccc1OC)S(C)(=O)=O. The van der Waals surface area contributed by atoms with Crippen LogP contribution in [0.2, 0.25) is 0 Å². The third-order valence-corrected chi connectivity index (χ3v) is 7.76. The van der Waals surface area contributed by atoms with Gasteiger partial charge in [0, 0.05) is 12.6 Å². The standard InChI is InChI=1S/C27H37N3O6S/c1-5-23(27(32)28-21-10-6-7-11-21)29(18-20-14-16-22(35-2)17-15-20)26(31)19-30(37(4,33)34)24-12-8-9-13-25(24)36-3/h8-9,12-17,21,23H,5-7,10-11,18-19H2,1-4H3,(H,28,32). The maximum Gasteiger partial charge on any atom is 0.244 e. The zero-order chi connectivity index (χ0) is 27.0. The first kappa shape index (κ1) is 28.3. The van der Waals surface area contributed by atoms with Gasteiger partial charge in [-0.15, -0.1) is 0 Å². The van der Waals surface area contributed by atoms with E-state index in [0.29, 0.717) is 17.9 Å². The second-order valence-electron chi connectivity index (χ2n) is 9.23. The lowest BCUT2D eigenvalue weighted by atomic mass is 10.1. The maximum absolute atomic E-state index is 13.8. The van der Waals surface area contributed by atoms with Gasteiger partial charge in [0.25, 0.3) is 0 Å². The number of carbonyl (C=O) groups excluding carboxylic acids is 2. The summed E-state index contributed by atoms with van der Waals surface area (Å²) >= 11 is 0. The van der Waals surface area contributed by atoms with Gasteiger partial charge in [0.2, 0.25) is 21.8 Å². The van der Waals surface area contributed by atoms with Gasteiger partial charge in [-0.05, 0) is 49.1 Å². The van der Waals surface area contributed by atoms with Gasteiger partial charge in [0.1, 0.15) is 24.1 Å². The number of anilines is 1. The number of nitrogens with one attached hydrogen (secondary N) is 1. The van der Waals surface area contributed by atoms with Crippen LogP contribution >= 0.6 is 0 Å². The number of amides is 2. The fraction of sp³-hybridized carbons (Fsp3) is 0.481. The fourth-order valence-corrected chi connectivity index (χ4v) is 5.50. The molecule has 10 heteroatoms. The van der Waals surface area contributed by atoms with Crippen LogP contribution in [-0.4, -0.2) is 64.2 Å². The quantitative estimate of drug-likeness (QED) is 0.451. The molecule has 0 bridgehead atoms. The van der Waals surface area contributed by atoms with Gasteiger partial charge < -0.3 is 19.7 Å². The first-order chi connectivity index (χ1) is 17.7. The number of rotatable bonds is 12. The highest BCUT2D eigenvalue weighted by Gasteiger charge is 2.33. The van der Waals surface area contributed by atoms with Crippen molar-refractivity contribution in [3.05, 3.63) is 54.1 Å². The Labute approximate surface area is 219 Å². The second-order valence-corrected chi connectivity index (χ2v) is 11.1. The molecule has 1 fully saturated rings. The molecule has 2 aromatic carbocycles. The number of carbonyl (C=O) groups is 2. The number of para-hydroxylation sites is 2. The van der Waals surface area contributed by atoms with Crippen LogP contribution in [0.1, 0.15) is 44.6 Å². The number of benzene rings is 2. The van der Waals surface area contributed by atoms with E-state index in [1.54, 1.807) is 43.5 Å². The van der Waals surface area contributed by atoms with E-state index in [9.17, 15) is 18.0 Å². The van der Waals surface area contributed by atoms with Crippen molar-refractivity contribution in [2.75, 3.05) is 31.3 Å². The lowest BCUT2D eigenvalue weighted by Crippen LogP contribution is -2.53. The zero-order valence-corrected chi connectivity index (χ0v) is 22.8. The largest absolute Gasteiger partial charge is 0.497 e. The van der Waals surface area contributed by atoms with Crippen LogP contribution in [-0.2, 0) is 26.2 Å². The van der Waals surface area contributed by atoms with Gasteiger partial charge in [0.05, 0.1) is 26.2 Å². The van der Waals surface area contributed by atoms with Crippen molar-refractivity contribution in [3.63, 3.8) is 0 Å². The molecule has 3 rings (SSSR count). The molecule has 0 radical (unpaired) electrons. The minimum atomic E-state index is -3.84. The molecule has 0 heterocycles. The molecule has 0 spiro atoms. The molecule has 1 atom stereocenters. The van der Waals surface area contributed by atoms with E-state index in [-0.39, 0.29) is 24.2 Å². The van der Waals surface area contributed by atoms with Crippen molar-refractivity contribution in [1.82, 2.24) is 10.2 Å². The van der Waals surface area contributed by atoms with Crippen LogP contribution in [0.5, 0.6) is 11.5 Å². The van der Waals surface area contributed by atoms with Gasteiger partial charge in [-0.25, -0.2) is 8.42 Å². The summed E-state index contributed by atoms with van der Waals surface area (Å²) in [5, 5.41) is 3.10. The molecule has 0 aliphatic heterocycles. The molecule has 1 aliphatic carbocycles. The van der Waals surface area contributed by atoms with Crippen LogP contribution < -0.4 is 19.1 Å². The molecular weight excluding hydrogens is 494 g/mol. The van der Waals surface area contributed by atoms with Crippen molar-refractivity contribution in [3.8, 4) is 11.5 Å². The summed E-state index contributed by atoms with van der Waals surface area (Å²) in [6.07, 6.45) is 5.41. The Morgan fingerprint density at radius 3 is 2.24 bits per heavy atom. The van der Waals surface area contributed by atoms with Gasteiger partial charge in [-0.2, -0.15) is 0 Å². The van der Waals surface area contributed by atoms with Crippen LogP contribution in [0.4, 0.5) is 5.69 Å². The lowest BCUT2D eigenvalue weighted by molar-refractivity contribution is -0.140. The Kier molecular flexibility index (Phi) is 9.79. The summed E-state index contributed by atoms with van der Waals surface area (Å²) in [6, 6.07) is 13.2. The molecule has 1 aliphatic rings. The highest BCUT2D eigenvalue weighted by Crippen LogP contribution is 2.30. The average Bonchev–Trinajstić information content (AvgIpc) is 3.39. The van der Waals surface area contributed by atoms with Crippen LogP contribution in [0.25, 0.3) is 0 Å². The average molecular weight is 532 g/mol. The van der Waals surface area contributed by atoms with Crippen molar-refractivity contribution in [1.29, 1.82) is 0 Å². The van der Waals surface area contributed by atoms with Gasteiger partial charge in [-0.3, -0.25) is 13.9 Å². The normalized spacial score (nSPS) is 14.6. The van der Waals surface area contributed by atoms with E-state index >= 15 is 0 Å². The maximum atomic E-state index is 13.8. The summed E-state index contributed by atoms with van der Waals surface area (Å²) in [5.74, 6) is 0.292. The first-order valence-electron chi connectivity index (χ1n) is 12.5. The smallest absolute Gasteiger partial charge is 0.244 e. The molecule has 1 N–H and O–H groups in total. The number of hydrogen-bond donors (Lipinski definition) is 1. The summed E-state index contributed by atoms with van der Waals surface area (Å²) in [5.41, 5.74) is 1.05. The third kappa shape index (κ3) is 7.38. The molecule has 202 valence electrons. The topological polar surface area (TPSA) is 105 Å². The number of methoxy groups -OCH3 is 2. The van der Waals surface area contributed by atoms with E-state index in [1.807, 2.05) is 19.1 Å². The van der Waals surface area contributed by atoms with Crippen molar-refractivity contribution >= 4 is 27.5 Å². The Morgan fingerprint density at radius 2 is 1.68 bits per heavy atom. The number of sulfonamides is 1. The highest BCUT2D eigenvalue weighted by molar-refractivity contribution is 7.92. The van der Waals surface area contributed by atoms with E-state index in [4.69, 9.17) is 9.47 Å². The molecule has 0 saturated heterocycles. The summed E-state index contributed by atoms with van der Waals surface area (Å²) in [4.78, 5) is 28.6. The van der Waals surface area contributed by atoms with E-state index in [2.05, 4.69) is 5.32 Å². The lowest BCUT2D eigenvalue weighted by Gasteiger charge is -2.33. The van der Waals surface area contributed by atoms with Crippen molar-refractivity contribution < 1.29 is 27.5 Å². The molecule has 37 heavy (non-hydrogen) atoms. The highest BCUT2D eigenvalue weighted by atomic mass is 32.2. The molecule has 2 amide bonds. The fourth-order valence-electron chi connectivity index (χ4n) is 4.65. The number of hydrogen-bond acceptors (Lipinski definition) is 6. The van der Waals surface area contributed by atoms with Gasteiger partial charge in [-0.1, -0.05) is 44.0 Å². The summed E-state index contributed by atoms with van der Waals surface area (Å²) in [6.45, 7) is 1.52. The number of ether oxygens (including phenoxy) is 2. The van der Waals surface area contributed by atoms with Gasteiger partial charge in [0.15, 0.2) is 0 Å². The second kappa shape index (κ2) is 12.8. The zero-order valence-electron chi connectivity index (χ0n) is 22.0. The van der Waals surface area contributed by atoms with Crippen LogP contribution in [0.15, 0.2) is 48.5 Å². The Morgan fingerprint density at radius 1 is 1.03 bits per heavy atom. The Balaban J connectivity index is 1.94. The van der Waals surface area contributed by atoms with Crippen molar-refractivity contribution in [2.24, 2.45) is 0 Å². The van der Waals surface area contributed by atoms with E-state index in [1.165, 1.54) is 12.0 Å². The third-order valence-electron chi connectivity index (χ3n) is 6.63. The molecular formula is C27H37N3O6S. The monoisotopic (exact) mass is 531 g/mol. The number of nitrogens with zero attached hydrogens (tertiary/aromatic N) is 2. The van der Waals surface area contributed by atoms with Crippen molar-refractivity contribution in [2.45, 2.75) is 57.7 Å². The summed E-state index contributed by atoms with van der Waals surface area (Å²) in [7, 11) is -0.829. The molecule has 9 nitrogen and oxygen atoms in total. The molecule has 1 saturated carbocycles. The van der Waals surface area contributed by atoms with Crippen LogP contribution in [0.3, 0.4) is 0 Å². The van der Waals surface area contributed by atoms with E-state index in [0.717, 1.165) is 41.8 Å². The minimum absolute atomic E-state index is 0.0978. The first-order valence-corrected chi connectivity index (χ1v) is 14.4. The molecule has 2 aromatic rings. The van der Waals surface area contributed by atoms with Gasteiger partial charge >= 0.3 is 0 Å².